The van der Waals surface area contributed by atoms with Gasteiger partial charge in [0.2, 0.25) is 0 Å². The van der Waals surface area contributed by atoms with Crippen molar-refractivity contribution in [3.8, 4) is 17.2 Å². The van der Waals surface area contributed by atoms with E-state index in [1.165, 1.54) is 6.07 Å². The summed E-state index contributed by atoms with van der Waals surface area (Å²) in [6.07, 6.45) is 0. The molecule has 3 aromatic rings. The van der Waals surface area contributed by atoms with Crippen LogP contribution in [0.25, 0.3) is 0 Å². The average Bonchev–Trinajstić information content (AvgIpc) is 2.69. The lowest BCUT2D eigenvalue weighted by molar-refractivity contribution is -0.118. The Morgan fingerprint density at radius 2 is 1.57 bits per heavy atom. The van der Waals surface area contributed by atoms with Crippen LogP contribution in [0, 0.1) is 6.92 Å². The van der Waals surface area contributed by atoms with Crippen molar-refractivity contribution in [1.82, 2.24) is 0 Å². The summed E-state index contributed by atoms with van der Waals surface area (Å²) in [7, 11) is 0. The fraction of sp³-hybridized carbons (Fsp3) is 0.0909. The number of rotatable bonds is 7. The molecule has 0 spiro atoms. The van der Waals surface area contributed by atoms with Gasteiger partial charge in [0, 0.05) is 5.69 Å². The summed E-state index contributed by atoms with van der Waals surface area (Å²) < 4.78 is 11.1. The third-order valence-electron chi connectivity index (χ3n) is 3.91. The molecule has 3 aromatic carbocycles. The molecule has 0 heterocycles. The molecule has 0 bridgehead atoms. The summed E-state index contributed by atoms with van der Waals surface area (Å²) in [5, 5.41) is 11.9. The van der Waals surface area contributed by atoms with Gasteiger partial charge in [0.05, 0.1) is 0 Å². The number of carbonyl (C=O) groups is 2. The average molecular weight is 377 g/mol. The van der Waals surface area contributed by atoms with Crippen molar-refractivity contribution in [1.29, 1.82) is 0 Å². The van der Waals surface area contributed by atoms with Crippen molar-refractivity contribution in [2.24, 2.45) is 0 Å². The number of carboxylic acids is 1. The van der Waals surface area contributed by atoms with Gasteiger partial charge in [-0.05, 0) is 55.0 Å². The number of amides is 1. The number of para-hydroxylation sites is 2. The van der Waals surface area contributed by atoms with Gasteiger partial charge < -0.3 is 19.9 Å². The number of hydrogen-bond acceptors (Lipinski definition) is 4. The van der Waals surface area contributed by atoms with Crippen LogP contribution in [-0.4, -0.2) is 23.6 Å². The monoisotopic (exact) mass is 377 g/mol. The second-order valence-corrected chi connectivity index (χ2v) is 6.03. The summed E-state index contributed by atoms with van der Waals surface area (Å²) in [6, 6.07) is 21.1. The van der Waals surface area contributed by atoms with Crippen molar-refractivity contribution in [2.75, 3.05) is 11.9 Å². The summed E-state index contributed by atoms with van der Waals surface area (Å²) in [5.74, 6) is 0.0628. The lowest BCUT2D eigenvalue weighted by Crippen LogP contribution is -2.21. The first kappa shape index (κ1) is 19.0. The maximum absolute atomic E-state index is 12.1. The highest BCUT2D eigenvalue weighted by molar-refractivity contribution is 5.93. The number of aryl methyl sites for hydroxylation is 1. The highest BCUT2D eigenvalue weighted by Crippen LogP contribution is 2.24. The van der Waals surface area contributed by atoms with Crippen molar-refractivity contribution < 1.29 is 24.2 Å². The lowest BCUT2D eigenvalue weighted by atomic mass is 10.1. The number of carbonyl (C=O) groups excluding carboxylic acids is 1. The number of benzene rings is 3. The molecule has 6 nitrogen and oxygen atoms in total. The van der Waals surface area contributed by atoms with E-state index in [-0.39, 0.29) is 17.9 Å². The number of anilines is 1. The molecular formula is C22H19NO5. The van der Waals surface area contributed by atoms with Gasteiger partial charge in [0.15, 0.2) is 6.61 Å². The van der Waals surface area contributed by atoms with E-state index in [1.54, 1.807) is 43.3 Å². The van der Waals surface area contributed by atoms with Crippen molar-refractivity contribution in [2.45, 2.75) is 6.92 Å². The first-order valence-corrected chi connectivity index (χ1v) is 8.61. The van der Waals surface area contributed by atoms with Crippen LogP contribution in [0.3, 0.4) is 0 Å². The van der Waals surface area contributed by atoms with Crippen LogP contribution < -0.4 is 14.8 Å². The summed E-state index contributed by atoms with van der Waals surface area (Å²) in [6.45, 7) is 1.43. The minimum atomic E-state index is -1.10. The van der Waals surface area contributed by atoms with Crippen molar-refractivity contribution >= 4 is 17.6 Å². The zero-order valence-corrected chi connectivity index (χ0v) is 15.2. The Labute approximate surface area is 162 Å². The predicted molar refractivity (Wildman–Crippen MR) is 105 cm³/mol. The molecule has 3 rings (SSSR count). The van der Waals surface area contributed by atoms with Crippen LogP contribution in [0.1, 0.15) is 15.9 Å². The molecule has 28 heavy (non-hydrogen) atoms. The van der Waals surface area contributed by atoms with Crippen molar-refractivity contribution in [3.63, 3.8) is 0 Å². The number of nitrogens with one attached hydrogen (secondary N) is 1. The fourth-order valence-electron chi connectivity index (χ4n) is 2.58. The smallest absolute Gasteiger partial charge is 0.339 e. The molecule has 0 atom stereocenters. The largest absolute Gasteiger partial charge is 0.483 e. The van der Waals surface area contributed by atoms with Crippen LogP contribution in [0.5, 0.6) is 17.2 Å². The van der Waals surface area contributed by atoms with Crippen LogP contribution in [0.2, 0.25) is 0 Å². The molecule has 0 unspecified atom stereocenters. The summed E-state index contributed by atoms with van der Waals surface area (Å²) in [4.78, 5) is 23.4. The Bertz CT molecular complexity index is 968. The van der Waals surface area contributed by atoms with Crippen LogP contribution in [0.4, 0.5) is 5.69 Å². The van der Waals surface area contributed by atoms with Crippen molar-refractivity contribution in [3.05, 3.63) is 83.9 Å². The highest BCUT2D eigenvalue weighted by atomic mass is 16.5. The minimum Gasteiger partial charge on any atom is -0.483 e. The topological polar surface area (TPSA) is 84.9 Å². The summed E-state index contributed by atoms with van der Waals surface area (Å²) in [5.41, 5.74) is 1.25. The molecular weight excluding hydrogens is 358 g/mol. The molecule has 0 fully saturated rings. The van der Waals surface area contributed by atoms with Gasteiger partial charge in [-0.15, -0.1) is 0 Å². The molecule has 0 aliphatic heterocycles. The zero-order chi connectivity index (χ0) is 19.9. The van der Waals surface area contributed by atoms with Gasteiger partial charge in [-0.25, -0.2) is 4.79 Å². The molecule has 0 saturated heterocycles. The maximum atomic E-state index is 12.1. The normalized spacial score (nSPS) is 10.2. The standard InChI is InChI=1S/C22H19NO5/c1-15-6-5-9-19(22(25)26)21(15)27-14-20(24)23-16-10-12-18(13-11-16)28-17-7-3-2-4-8-17/h2-13H,14H2,1H3,(H,23,24)(H,25,26). The van der Waals surface area contributed by atoms with Gasteiger partial charge in [-0.2, -0.15) is 0 Å². The second-order valence-electron chi connectivity index (χ2n) is 6.03. The second kappa shape index (κ2) is 8.73. The Morgan fingerprint density at radius 3 is 2.25 bits per heavy atom. The maximum Gasteiger partial charge on any atom is 0.339 e. The van der Waals surface area contributed by atoms with E-state index in [0.29, 0.717) is 17.0 Å². The summed E-state index contributed by atoms with van der Waals surface area (Å²) >= 11 is 0. The number of ether oxygens (including phenoxy) is 2. The van der Waals surface area contributed by atoms with Gasteiger partial charge in [0.1, 0.15) is 22.8 Å². The minimum absolute atomic E-state index is 0.0233. The number of aromatic carboxylic acids is 1. The van der Waals surface area contributed by atoms with E-state index in [9.17, 15) is 14.7 Å². The van der Waals surface area contributed by atoms with E-state index in [0.717, 1.165) is 5.75 Å². The molecule has 1 amide bonds. The Hall–Kier alpha value is -3.80. The molecule has 0 saturated carbocycles. The fourth-order valence-corrected chi connectivity index (χ4v) is 2.58. The highest BCUT2D eigenvalue weighted by Gasteiger charge is 2.14. The van der Waals surface area contributed by atoms with Crippen LogP contribution in [-0.2, 0) is 4.79 Å². The third-order valence-corrected chi connectivity index (χ3v) is 3.91. The molecule has 2 N–H and O–H groups in total. The van der Waals surface area contributed by atoms with Crippen LogP contribution >= 0.6 is 0 Å². The molecule has 6 heteroatoms. The van der Waals surface area contributed by atoms with E-state index in [2.05, 4.69) is 5.32 Å². The molecule has 0 radical (unpaired) electrons. The molecule has 0 aliphatic rings. The first-order valence-electron chi connectivity index (χ1n) is 8.61. The molecule has 0 aliphatic carbocycles. The number of carboxylic acid groups (broad SMARTS) is 1. The lowest BCUT2D eigenvalue weighted by Gasteiger charge is -2.12. The Morgan fingerprint density at radius 1 is 0.893 bits per heavy atom. The number of hydrogen-bond donors (Lipinski definition) is 2. The predicted octanol–water partition coefficient (Wildman–Crippen LogP) is 4.50. The zero-order valence-electron chi connectivity index (χ0n) is 15.2. The van der Waals surface area contributed by atoms with Gasteiger partial charge in [-0.3, -0.25) is 4.79 Å². The van der Waals surface area contributed by atoms with E-state index >= 15 is 0 Å². The quantitative estimate of drug-likeness (QED) is 0.633. The van der Waals surface area contributed by atoms with Gasteiger partial charge >= 0.3 is 5.97 Å². The Balaban J connectivity index is 1.58. The molecule has 142 valence electrons. The molecule has 0 aromatic heterocycles. The van der Waals surface area contributed by atoms with E-state index < -0.39 is 11.9 Å². The third kappa shape index (κ3) is 4.88. The van der Waals surface area contributed by atoms with E-state index in [1.807, 2.05) is 30.3 Å². The first-order chi connectivity index (χ1) is 13.5. The Kier molecular flexibility index (Phi) is 5.91. The SMILES string of the molecule is Cc1cccc(C(=O)O)c1OCC(=O)Nc1ccc(Oc2ccccc2)cc1. The van der Waals surface area contributed by atoms with E-state index in [4.69, 9.17) is 9.47 Å². The van der Waals surface area contributed by atoms with Gasteiger partial charge in [-0.1, -0.05) is 30.3 Å². The van der Waals surface area contributed by atoms with Crippen LogP contribution in [0.15, 0.2) is 72.8 Å². The van der Waals surface area contributed by atoms with Gasteiger partial charge in [0.25, 0.3) is 5.91 Å².